The van der Waals surface area contributed by atoms with Crippen LogP contribution in [0, 0.1) is 0 Å². The largest absolute Gasteiger partial charge is 0.448 e. The highest BCUT2D eigenvalue weighted by molar-refractivity contribution is 5.92. The maximum atomic E-state index is 12.9. The molecule has 156 valence electrons. The molecule has 0 spiro atoms. The van der Waals surface area contributed by atoms with Gasteiger partial charge in [0.05, 0.1) is 5.56 Å². The summed E-state index contributed by atoms with van der Waals surface area (Å²) in [4.78, 5) is 20.7. The average molecular weight is 408 g/mol. The molecule has 1 amide bonds. The number of piperidine rings is 1. The van der Waals surface area contributed by atoms with Crippen LogP contribution in [0.4, 0.5) is 18.9 Å². The van der Waals surface area contributed by atoms with Crippen LogP contribution in [0.15, 0.2) is 34.9 Å². The van der Waals surface area contributed by atoms with Gasteiger partial charge in [-0.1, -0.05) is 6.07 Å². The van der Waals surface area contributed by atoms with Crippen LogP contribution < -0.4 is 10.2 Å². The molecule has 0 aliphatic carbocycles. The van der Waals surface area contributed by atoms with Crippen LogP contribution in [0.3, 0.4) is 0 Å². The lowest BCUT2D eigenvalue weighted by Gasteiger charge is -2.36. The van der Waals surface area contributed by atoms with Crippen molar-refractivity contribution in [1.82, 2.24) is 15.2 Å². The van der Waals surface area contributed by atoms with E-state index >= 15 is 0 Å². The zero-order valence-corrected chi connectivity index (χ0v) is 15.9. The van der Waals surface area contributed by atoms with Gasteiger partial charge in [0.15, 0.2) is 11.6 Å². The van der Waals surface area contributed by atoms with Crippen molar-refractivity contribution < 1.29 is 22.4 Å². The molecule has 1 aromatic carbocycles. The molecular formula is C20H23F3N4O2. The SMILES string of the molecule is O=C(c1coc(C2CCCNC2)n1)N1CCN(c2cccc(C(F)(F)F)c2)CC1. The predicted octanol–water partition coefficient (Wildman–Crippen LogP) is 3.12. The van der Waals surface area contributed by atoms with Gasteiger partial charge in [-0.3, -0.25) is 4.79 Å². The molecule has 2 aliphatic heterocycles. The van der Waals surface area contributed by atoms with Crippen molar-refractivity contribution in [2.45, 2.75) is 24.9 Å². The van der Waals surface area contributed by atoms with E-state index in [0.29, 0.717) is 37.8 Å². The first-order valence-corrected chi connectivity index (χ1v) is 9.79. The number of alkyl halides is 3. The zero-order chi connectivity index (χ0) is 20.4. The van der Waals surface area contributed by atoms with Crippen molar-refractivity contribution in [2.75, 3.05) is 44.2 Å². The third kappa shape index (κ3) is 4.39. The number of piperazine rings is 1. The Kier molecular flexibility index (Phi) is 5.49. The topological polar surface area (TPSA) is 61.6 Å². The van der Waals surface area contributed by atoms with Gasteiger partial charge in [0, 0.05) is 44.3 Å². The smallest absolute Gasteiger partial charge is 0.416 e. The molecule has 0 radical (unpaired) electrons. The van der Waals surface area contributed by atoms with Gasteiger partial charge in [0.1, 0.15) is 6.26 Å². The normalized spacial score (nSPS) is 20.7. The first-order chi connectivity index (χ1) is 13.9. The molecule has 1 atom stereocenters. The van der Waals surface area contributed by atoms with Gasteiger partial charge in [-0.25, -0.2) is 4.98 Å². The van der Waals surface area contributed by atoms with Gasteiger partial charge in [0.25, 0.3) is 5.91 Å². The van der Waals surface area contributed by atoms with Crippen LogP contribution in [-0.4, -0.2) is 55.1 Å². The highest BCUT2D eigenvalue weighted by Gasteiger charge is 2.31. The summed E-state index contributed by atoms with van der Waals surface area (Å²) in [5, 5.41) is 3.30. The average Bonchev–Trinajstić information content (AvgIpc) is 3.24. The lowest BCUT2D eigenvalue weighted by atomic mass is 10.00. The van der Waals surface area contributed by atoms with Gasteiger partial charge >= 0.3 is 6.18 Å². The van der Waals surface area contributed by atoms with Crippen LogP contribution in [-0.2, 0) is 6.18 Å². The minimum Gasteiger partial charge on any atom is -0.448 e. The molecule has 6 nitrogen and oxygen atoms in total. The number of halogens is 3. The molecule has 1 N–H and O–H groups in total. The summed E-state index contributed by atoms with van der Waals surface area (Å²) in [6.45, 7) is 3.54. The molecule has 2 fully saturated rings. The molecule has 1 unspecified atom stereocenters. The highest BCUT2D eigenvalue weighted by Crippen LogP contribution is 2.32. The Morgan fingerprint density at radius 2 is 2.00 bits per heavy atom. The van der Waals surface area contributed by atoms with E-state index in [1.165, 1.54) is 12.3 Å². The second kappa shape index (κ2) is 8.06. The van der Waals surface area contributed by atoms with E-state index < -0.39 is 11.7 Å². The van der Waals surface area contributed by atoms with E-state index in [2.05, 4.69) is 10.3 Å². The minimum atomic E-state index is -4.37. The monoisotopic (exact) mass is 408 g/mol. The van der Waals surface area contributed by atoms with Crippen molar-refractivity contribution >= 4 is 11.6 Å². The maximum absolute atomic E-state index is 12.9. The first-order valence-electron chi connectivity index (χ1n) is 9.79. The number of aromatic nitrogens is 1. The van der Waals surface area contributed by atoms with E-state index in [1.54, 1.807) is 11.0 Å². The van der Waals surface area contributed by atoms with Crippen LogP contribution in [0.2, 0.25) is 0 Å². The minimum absolute atomic E-state index is 0.183. The summed E-state index contributed by atoms with van der Waals surface area (Å²) in [6, 6.07) is 5.29. The molecule has 2 saturated heterocycles. The number of hydrogen-bond acceptors (Lipinski definition) is 5. The number of rotatable bonds is 3. The highest BCUT2D eigenvalue weighted by atomic mass is 19.4. The number of carbonyl (C=O) groups is 1. The lowest BCUT2D eigenvalue weighted by Crippen LogP contribution is -2.49. The molecule has 0 bridgehead atoms. The molecular weight excluding hydrogens is 385 g/mol. The Hall–Kier alpha value is -2.55. The van der Waals surface area contributed by atoms with Gasteiger partial charge < -0.3 is 19.5 Å². The van der Waals surface area contributed by atoms with Gasteiger partial charge in [-0.05, 0) is 37.6 Å². The quantitative estimate of drug-likeness (QED) is 0.846. The summed E-state index contributed by atoms with van der Waals surface area (Å²) in [5.74, 6) is 0.568. The standard InChI is InChI=1S/C20H23F3N4O2/c21-20(22,23)15-4-1-5-16(11-15)26-7-9-27(10-8-26)19(28)17-13-29-18(25-17)14-3-2-6-24-12-14/h1,4-5,11,13-14,24H,2-3,6-10,12H2. The Morgan fingerprint density at radius 1 is 1.21 bits per heavy atom. The molecule has 2 aromatic rings. The van der Waals surface area contributed by atoms with Gasteiger partial charge in [-0.15, -0.1) is 0 Å². The van der Waals surface area contributed by atoms with E-state index in [1.807, 2.05) is 4.90 Å². The van der Waals surface area contributed by atoms with E-state index in [4.69, 9.17) is 4.42 Å². The van der Waals surface area contributed by atoms with Crippen LogP contribution in [0.25, 0.3) is 0 Å². The number of oxazole rings is 1. The summed E-state index contributed by atoms with van der Waals surface area (Å²) in [6.07, 6.45) is -0.928. The number of benzene rings is 1. The molecule has 9 heteroatoms. The molecule has 0 saturated carbocycles. The Balaban J connectivity index is 1.37. The van der Waals surface area contributed by atoms with Crippen molar-refractivity contribution in [3.63, 3.8) is 0 Å². The van der Waals surface area contributed by atoms with Crippen LogP contribution in [0.5, 0.6) is 0 Å². The number of anilines is 1. The van der Waals surface area contributed by atoms with Gasteiger partial charge in [-0.2, -0.15) is 13.2 Å². The fourth-order valence-electron chi connectivity index (χ4n) is 3.84. The van der Waals surface area contributed by atoms with Crippen LogP contribution >= 0.6 is 0 Å². The summed E-state index contributed by atoms with van der Waals surface area (Å²) < 4.78 is 44.3. The fourth-order valence-corrected chi connectivity index (χ4v) is 3.84. The Bertz CT molecular complexity index is 853. The molecule has 3 heterocycles. The molecule has 4 rings (SSSR count). The van der Waals surface area contributed by atoms with E-state index in [9.17, 15) is 18.0 Å². The van der Waals surface area contributed by atoms with E-state index in [-0.39, 0.29) is 17.5 Å². The number of amides is 1. The summed E-state index contributed by atoms with van der Waals surface area (Å²) >= 11 is 0. The predicted molar refractivity (Wildman–Crippen MR) is 101 cm³/mol. The first kappa shape index (κ1) is 19.8. The summed E-state index contributed by atoms with van der Waals surface area (Å²) in [7, 11) is 0. The molecule has 2 aliphatic rings. The van der Waals surface area contributed by atoms with Crippen molar-refractivity contribution in [1.29, 1.82) is 0 Å². The van der Waals surface area contributed by atoms with E-state index in [0.717, 1.165) is 38.1 Å². The maximum Gasteiger partial charge on any atom is 0.416 e. The van der Waals surface area contributed by atoms with Crippen molar-refractivity contribution in [2.24, 2.45) is 0 Å². The third-order valence-electron chi connectivity index (χ3n) is 5.49. The number of nitrogens with zero attached hydrogens (tertiary/aromatic N) is 3. The molecule has 1 aromatic heterocycles. The molecule has 29 heavy (non-hydrogen) atoms. The number of hydrogen-bond donors (Lipinski definition) is 1. The Labute approximate surface area is 166 Å². The third-order valence-corrected chi connectivity index (χ3v) is 5.49. The van der Waals surface area contributed by atoms with Gasteiger partial charge in [0.2, 0.25) is 0 Å². The number of carbonyl (C=O) groups excluding carboxylic acids is 1. The number of nitrogens with one attached hydrogen (secondary N) is 1. The lowest BCUT2D eigenvalue weighted by molar-refractivity contribution is -0.137. The summed E-state index contributed by atoms with van der Waals surface area (Å²) in [5.41, 5.74) is 0.138. The van der Waals surface area contributed by atoms with Crippen LogP contribution in [0.1, 0.15) is 40.7 Å². The van der Waals surface area contributed by atoms with Crippen molar-refractivity contribution in [3.8, 4) is 0 Å². The second-order valence-electron chi connectivity index (χ2n) is 7.44. The Morgan fingerprint density at radius 3 is 2.69 bits per heavy atom. The fraction of sp³-hybridized carbons (Fsp3) is 0.500. The zero-order valence-electron chi connectivity index (χ0n) is 15.9. The van der Waals surface area contributed by atoms with Crippen molar-refractivity contribution in [3.05, 3.63) is 47.7 Å². The second-order valence-corrected chi connectivity index (χ2v) is 7.44.